The highest BCUT2D eigenvalue weighted by atomic mass is 32.2. The summed E-state index contributed by atoms with van der Waals surface area (Å²) in [5, 5.41) is 4.85. The lowest BCUT2D eigenvalue weighted by atomic mass is 10.3. The van der Waals surface area contributed by atoms with Crippen molar-refractivity contribution >= 4 is 32.7 Å². The zero-order chi connectivity index (χ0) is 13.9. The molecule has 2 aromatic rings. The minimum absolute atomic E-state index is 0.290. The van der Waals surface area contributed by atoms with Crippen LogP contribution in [0, 0.1) is 6.92 Å². The van der Waals surface area contributed by atoms with Crippen molar-refractivity contribution < 1.29 is 8.42 Å². The molecule has 0 bridgehead atoms. The van der Waals surface area contributed by atoms with Gasteiger partial charge in [0.15, 0.2) is 0 Å². The van der Waals surface area contributed by atoms with Crippen LogP contribution >= 0.6 is 22.7 Å². The van der Waals surface area contributed by atoms with E-state index in [2.05, 4.69) is 15.0 Å². The van der Waals surface area contributed by atoms with Crippen molar-refractivity contribution in [3.8, 4) is 0 Å². The molecule has 0 saturated heterocycles. The molecule has 0 radical (unpaired) electrons. The smallest absolute Gasteiger partial charge is 0.250 e. The van der Waals surface area contributed by atoms with Gasteiger partial charge >= 0.3 is 0 Å². The van der Waals surface area contributed by atoms with Crippen LogP contribution < -0.4 is 10.0 Å². The molecule has 0 aliphatic carbocycles. The van der Waals surface area contributed by atoms with Crippen molar-refractivity contribution in [1.82, 2.24) is 15.0 Å². The average molecular weight is 317 g/mol. The van der Waals surface area contributed by atoms with E-state index in [0.717, 1.165) is 16.1 Å². The Hall–Kier alpha value is -0.800. The summed E-state index contributed by atoms with van der Waals surface area (Å²) in [5.41, 5.74) is 3.56. The molecule has 0 fully saturated rings. The first-order valence-electron chi connectivity index (χ1n) is 5.63. The van der Waals surface area contributed by atoms with Crippen LogP contribution in [-0.4, -0.2) is 20.4 Å². The highest BCUT2D eigenvalue weighted by Gasteiger charge is 2.17. The van der Waals surface area contributed by atoms with Crippen molar-refractivity contribution in [2.75, 3.05) is 7.05 Å². The average Bonchev–Trinajstić information content (AvgIpc) is 2.97. The zero-order valence-electron chi connectivity index (χ0n) is 10.6. The lowest BCUT2D eigenvalue weighted by Crippen LogP contribution is -2.22. The van der Waals surface area contributed by atoms with E-state index in [0.29, 0.717) is 10.8 Å². The van der Waals surface area contributed by atoms with E-state index in [1.54, 1.807) is 11.6 Å². The number of thiophene rings is 1. The van der Waals surface area contributed by atoms with Crippen LogP contribution in [0.1, 0.15) is 16.1 Å². The monoisotopic (exact) mass is 317 g/mol. The molecule has 5 nitrogen and oxygen atoms in total. The Labute approximate surface area is 120 Å². The summed E-state index contributed by atoms with van der Waals surface area (Å²) in [6.07, 6.45) is 0. The van der Waals surface area contributed by atoms with Gasteiger partial charge in [0.2, 0.25) is 10.0 Å². The molecule has 0 saturated carbocycles. The molecular formula is C11H15N3O2S3. The molecule has 0 spiro atoms. The van der Waals surface area contributed by atoms with Crippen molar-refractivity contribution in [2.45, 2.75) is 24.2 Å². The van der Waals surface area contributed by atoms with Crippen LogP contribution in [0.2, 0.25) is 0 Å². The Bertz CT molecular complexity index is 646. The maximum absolute atomic E-state index is 12.1. The Morgan fingerprint density at radius 1 is 1.32 bits per heavy atom. The Morgan fingerprint density at radius 2 is 2.11 bits per heavy atom. The fourth-order valence-corrected chi connectivity index (χ4v) is 4.58. The maximum Gasteiger partial charge on any atom is 0.250 e. The van der Waals surface area contributed by atoms with E-state index in [1.807, 2.05) is 19.4 Å². The fourth-order valence-electron chi connectivity index (χ4n) is 1.52. The van der Waals surface area contributed by atoms with E-state index in [4.69, 9.17) is 0 Å². The molecule has 0 atom stereocenters. The molecule has 2 N–H and O–H groups in total. The molecule has 0 aliphatic heterocycles. The second kappa shape index (κ2) is 6.10. The largest absolute Gasteiger partial charge is 0.316 e. The summed E-state index contributed by atoms with van der Waals surface area (Å²) < 4.78 is 27.2. The molecule has 2 aromatic heterocycles. The lowest BCUT2D eigenvalue weighted by molar-refractivity contribution is 0.583. The van der Waals surface area contributed by atoms with Gasteiger partial charge in [0.25, 0.3) is 0 Å². The fraction of sp³-hybridized carbons (Fsp3) is 0.364. The van der Waals surface area contributed by atoms with Gasteiger partial charge < -0.3 is 5.32 Å². The third kappa shape index (κ3) is 3.61. The molecule has 2 heterocycles. The summed E-state index contributed by atoms with van der Waals surface area (Å²) in [6.45, 7) is 2.83. The van der Waals surface area contributed by atoms with Crippen molar-refractivity contribution in [3.63, 3.8) is 0 Å². The predicted octanol–water partition coefficient (Wildman–Crippen LogP) is 1.71. The van der Waals surface area contributed by atoms with Gasteiger partial charge in [-0.15, -0.1) is 22.7 Å². The molecule has 19 heavy (non-hydrogen) atoms. The van der Waals surface area contributed by atoms with Crippen LogP contribution in [0.5, 0.6) is 0 Å². The normalized spacial score (nSPS) is 11.9. The number of aryl methyl sites for hydroxylation is 1. The number of nitrogens with zero attached hydrogens (tertiary/aromatic N) is 1. The summed E-state index contributed by atoms with van der Waals surface area (Å²) in [7, 11) is -1.60. The van der Waals surface area contributed by atoms with Gasteiger partial charge in [-0.2, -0.15) is 0 Å². The van der Waals surface area contributed by atoms with Crippen molar-refractivity contribution in [1.29, 1.82) is 0 Å². The minimum Gasteiger partial charge on any atom is -0.316 e. The molecule has 0 amide bonds. The summed E-state index contributed by atoms with van der Waals surface area (Å²) in [4.78, 5) is 5.04. The van der Waals surface area contributed by atoms with E-state index < -0.39 is 10.0 Å². The van der Waals surface area contributed by atoms with Crippen LogP contribution in [0.3, 0.4) is 0 Å². The predicted molar refractivity (Wildman–Crippen MR) is 78.0 cm³/mol. The summed E-state index contributed by atoms with van der Waals surface area (Å²) in [6, 6.07) is 1.70. The van der Waals surface area contributed by atoms with Crippen LogP contribution in [0.25, 0.3) is 0 Å². The number of aromatic nitrogens is 1. The van der Waals surface area contributed by atoms with E-state index in [1.165, 1.54) is 22.7 Å². The summed E-state index contributed by atoms with van der Waals surface area (Å²) >= 11 is 2.69. The molecule has 0 unspecified atom stereocenters. The number of thiazole rings is 1. The van der Waals surface area contributed by atoms with Gasteiger partial charge in [-0.05, 0) is 31.0 Å². The minimum atomic E-state index is -3.43. The Morgan fingerprint density at radius 3 is 2.74 bits per heavy atom. The lowest BCUT2D eigenvalue weighted by Gasteiger charge is -2.03. The first kappa shape index (κ1) is 14.6. The highest BCUT2D eigenvalue weighted by Crippen LogP contribution is 2.21. The second-order valence-electron chi connectivity index (χ2n) is 3.99. The summed E-state index contributed by atoms with van der Waals surface area (Å²) in [5.74, 6) is 0. The molecule has 2 rings (SSSR count). The zero-order valence-corrected chi connectivity index (χ0v) is 13.1. The second-order valence-corrected chi connectivity index (χ2v) is 7.83. The van der Waals surface area contributed by atoms with Gasteiger partial charge in [-0.25, -0.2) is 18.1 Å². The number of hydrogen-bond donors (Lipinski definition) is 2. The van der Waals surface area contributed by atoms with E-state index in [9.17, 15) is 8.42 Å². The van der Waals surface area contributed by atoms with Gasteiger partial charge in [0.1, 0.15) is 4.21 Å². The Kier molecular flexibility index (Phi) is 4.69. The molecule has 0 aliphatic rings. The first-order chi connectivity index (χ1) is 9.03. The standard InChI is InChI=1S/C11H15N3O2S3/c1-8-10(18-7-13-8)5-14-19(15,16)11-3-9(4-12-2)6-17-11/h3,6-7,12,14H,4-5H2,1-2H3. The van der Waals surface area contributed by atoms with Gasteiger partial charge in [0.05, 0.1) is 11.2 Å². The molecule has 0 aromatic carbocycles. The van der Waals surface area contributed by atoms with E-state index in [-0.39, 0.29) is 6.54 Å². The molecule has 8 heteroatoms. The van der Waals surface area contributed by atoms with Crippen LogP contribution in [0.4, 0.5) is 0 Å². The van der Waals surface area contributed by atoms with Gasteiger partial charge in [-0.3, -0.25) is 0 Å². The van der Waals surface area contributed by atoms with Gasteiger partial charge in [0, 0.05) is 18.0 Å². The topological polar surface area (TPSA) is 71.1 Å². The third-order valence-electron chi connectivity index (χ3n) is 2.54. The molecule has 104 valence electrons. The molecular weight excluding hydrogens is 302 g/mol. The maximum atomic E-state index is 12.1. The number of nitrogens with one attached hydrogen (secondary N) is 2. The van der Waals surface area contributed by atoms with Crippen molar-refractivity contribution in [3.05, 3.63) is 33.1 Å². The number of rotatable bonds is 6. The number of hydrogen-bond acceptors (Lipinski definition) is 6. The Balaban J connectivity index is 2.07. The number of sulfonamides is 1. The van der Waals surface area contributed by atoms with Gasteiger partial charge in [-0.1, -0.05) is 0 Å². The SMILES string of the molecule is CNCc1csc(S(=O)(=O)NCc2scnc2C)c1. The highest BCUT2D eigenvalue weighted by molar-refractivity contribution is 7.91. The van der Waals surface area contributed by atoms with Crippen molar-refractivity contribution in [2.24, 2.45) is 0 Å². The van der Waals surface area contributed by atoms with Crippen LogP contribution in [0.15, 0.2) is 21.2 Å². The van der Waals surface area contributed by atoms with E-state index >= 15 is 0 Å². The first-order valence-corrected chi connectivity index (χ1v) is 8.88. The third-order valence-corrected chi connectivity index (χ3v) is 6.37. The van der Waals surface area contributed by atoms with Crippen LogP contribution in [-0.2, 0) is 23.1 Å². The quantitative estimate of drug-likeness (QED) is 0.851.